The van der Waals surface area contributed by atoms with E-state index in [1.165, 1.54) is 7.11 Å². The van der Waals surface area contributed by atoms with Crippen LogP contribution in [0.5, 0.6) is 0 Å². The fourth-order valence-electron chi connectivity index (χ4n) is 2.55. The Kier molecular flexibility index (Phi) is 4.27. The van der Waals surface area contributed by atoms with Crippen LogP contribution in [0.3, 0.4) is 0 Å². The summed E-state index contributed by atoms with van der Waals surface area (Å²) in [6.07, 6.45) is 2.87. The van der Waals surface area contributed by atoms with Gasteiger partial charge in [-0.15, -0.1) is 0 Å². The summed E-state index contributed by atoms with van der Waals surface area (Å²) < 4.78 is 15.8. The normalized spacial score (nSPS) is 21.1. The summed E-state index contributed by atoms with van der Waals surface area (Å²) in [5.74, 6) is -0.346. The Morgan fingerprint density at radius 1 is 1.29 bits per heavy atom. The van der Waals surface area contributed by atoms with Crippen molar-refractivity contribution in [3.05, 3.63) is 11.6 Å². The van der Waals surface area contributed by atoms with Crippen LogP contribution in [0.4, 0.5) is 4.79 Å². The van der Waals surface area contributed by atoms with Crippen molar-refractivity contribution in [2.45, 2.75) is 44.8 Å². The highest BCUT2D eigenvalue weighted by Crippen LogP contribution is 2.34. The van der Waals surface area contributed by atoms with E-state index in [0.29, 0.717) is 31.5 Å². The lowest BCUT2D eigenvalue weighted by Crippen LogP contribution is -2.47. The van der Waals surface area contributed by atoms with E-state index in [0.717, 1.165) is 0 Å². The molecule has 1 fully saturated rings. The van der Waals surface area contributed by atoms with Gasteiger partial charge in [0.15, 0.2) is 0 Å². The van der Waals surface area contributed by atoms with Gasteiger partial charge in [0.25, 0.3) is 0 Å². The van der Waals surface area contributed by atoms with Gasteiger partial charge in [0.2, 0.25) is 0 Å². The standard InChI is InChI=1S/C15H23NO5/c1-14(2,3)21-13(18)16-7-5-15(6-8-16)9-11(10-20-15)12(17)19-4/h9H,5-8,10H2,1-4H3. The van der Waals surface area contributed by atoms with Gasteiger partial charge in [-0.3, -0.25) is 0 Å². The lowest BCUT2D eigenvalue weighted by molar-refractivity contribution is -0.136. The molecule has 1 amide bonds. The van der Waals surface area contributed by atoms with Crippen LogP contribution in [0, 0.1) is 0 Å². The van der Waals surface area contributed by atoms with Crippen molar-refractivity contribution in [1.82, 2.24) is 4.90 Å². The topological polar surface area (TPSA) is 65.1 Å². The molecule has 0 N–H and O–H groups in total. The number of nitrogens with zero attached hydrogens (tertiary/aromatic N) is 1. The number of carbonyl (C=O) groups is 2. The SMILES string of the molecule is COC(=O)C1=CC2(CCN(C(=O)OC(C)(C)C)CC2)OC1. The van der Waals surface area contributed by atoms with Crippen LogP contribution in [-0.4, -0.2) is 55.0 Å². The van der Waals surface area contributed by atoms with Crippen LogP contribution in [-0.2, 0) is 19.0 Å². The molecule has 1 spiro atoms. The molecule has 0 saturated carbocycles. The molecule has 2 aliphatic rings. The third-order valence-corrected chi connectivity index (χ3v) is 3.66. The van der Waals surface area contributed by atoms with Gasteiger partial charge in [-0.2, -0.15) is 0 Å². The molecule has 6 nitrogen and oxygen atoms in total. The van der Waals surface area contributed by atoms with E-state index in [1.54, 1.807) is 4.90 Å². The smallest absolute Gasteiger partial charge is 0.410 e. The fraction of sp³-hybridized carbons (Fsp3) is 0.733. The van der Waals surface area contributed by atoms with Gasteiger partial charge in [0.1, 0.15) is 5.60 Å². The van der Waals surface area contributed by atoms with Gasteiger partial charge in [0, 0.05) is 13.1 Å². The van der Waals surface area contributed by atoms with E-state index in [-0.39, 0.29) is 18.7 Å². The Bertz CT molecular complexity index is 455. The molecule has 0 unspecified atom stereocenters. The highest BCUT2D eigenvalue weighted by molar-refractivity contribution is 5.89. The predicted octanol–water partition coefficient (Wildman–Crippen LogP) is 1.89. The number of rotatable bonds is 1. The van der Waals surface area contributed by atoms with E-state index in [9.17, 15) is 9.59 Å². The van der Waals surface area contributed by atoms with Crippen molar-refractivity contribution in [1.29, 1.82) is 0 Å². The Morgan fingerprint density at radius 2 is 1.90 bits per heavy atom. The average molecular weight is 297 g/mol. The highest BCUT2D eigenvalue weighted by atomic mass is 16.6. The number of esters is 1. The van der Waals surface area contributed by atoms with Crippen LogP contribution < -0.4 is 0 Å². The first-order valence-corrected chi connectivity index (χ1v) is 7.17. The number of amides is 1. The number of carbonyl (C=O) groups excluding carboxylic acids is 2. The maximum Gasteiger partial charge on any atom is 0.410 e. The summed E-state index contributed by atoms with van der Waals surface area (Å²) in [6, 6.07) is 0. The Balaban J connectivity index is 1.93. The molecule has 0 aromatic heterocycles. The lowest BCUT2D eigenvalue weighted by atomic mass is 9.91. The Hall–Kier alpha value is -1.56. The highest BCUT2D eigenvalue weighted by Gasteiger charge is 2.41. The van der Waals surface area contributed by atoms with Crippen molar-refractivity contribution in [2.24, 2.45) is 0 Å². The molecule has 6 heteroatoms. The summed E-state index contributed by atoms with van der Waals surface area (Å²) in [5.41, 5.74) is -0.376. The maximum atomic E-state index is 12.0. The van der Waals surface area contributed by atoms with E-state index < -0.39 is 11.2 Å². The molecular formula is C15H23NO5. The lowest BCUT2D eigenvalue weighted by Gasteiger charge is -2.38. The van der Waals surface area contributed by atoms with E-state index >= 15 is 0 Å². The number of methoxy groups -OCH3 is 1. The van der Waals surface area contributed by atoms with E-state index in [2.05, 4.69) is 0 Å². The molecule has 0 bridgehead atoms. The number of piperidine rings is 1. The molecule has 2 rings (SSSR count). The number of hydrogen-bond donors (Lipinski definition) is 0. The Morgan fingerprint density at radius 3 is 2.43 bits per heavy atom. The van der Waals surface area contributed by atoms with Gasteiger partial charge >= 0.3 is 12.1 Å². The zero-order valence-corrected chi connectivity index (χ0v) is 13.1. The fourth-order valence-corrected chi connectivity index (χ4v) is 2.55. The minimum atomic E-state index is -0.492. The summed E-state index contributed by atoms with van der Waals surface area (Å²) in [5, 5.41) is 0. The summed E-state index contributed by atoms with van der Waals surface area (Å²) in [6.45, 7) is 6.93. The maximum absolute atomic E-state index is 12.0. The van der Waals surface area contributed by atoms with Gasteiger partial charge in [0.05, 0.1) is 24.9 Å². The summed E-state index contributed by atoms with van der Waals surface area (Å²) in [7, 11) is 1.36. The second-order valence-corrected chi connectivity index (χ2v) is 6.48. The number of ether oxygens (including phenoxy) is 3. The van der Waals surface area contributed by atoms with Crippen molar-refractivity contribution >= 4 is 12.1 Å². The molecule has 0 aromatic carbocycles. The number of hydrogen-bond acceptors (Lipinski definition) is 5. The molecule has 0 aliphatic carbocycles. The monoisotopic (exact) mass is 297 g/mol. The predicted molar refractivity (Wildman–Crippen MR) is 75.8 cm³/mol. The summed E-state index contributed by atoms with van der Waals surface area (Å²) >= 11 is 0. The van der Waals surface area contributed by atoms with Crippen LogP contribution in [0.25, 0.3) is 0 Å². The minimum absolute atomic E-state index is 0.277. The first-order valence-electron chi connectivity index (χ1n) is 7.17. The van der Waals surface area contributed by atoms with Crippen molar-refractivity contribution < 1.29 is 23.8 Å². The van der Waals surface area contributed by atoms with Gasteiger partial charge in [-0.25, -0.2) is 9.59 Å². The zero-order valence-electron chi connectivity index (χ0n) is 13.1. The molecule has 0 aromatic rings. The summed E-state index contributed by atoms with van der Waals surface area (Å²) in [4.78, 5) is 25.2. The molecule has 0 radical (unpaired) electrons. The van der Waals surface area contributed by atoms with Gasteiger partial charge in [-0.1, -0.05) is 0 Å². The molecule has 0 atom stereocenters. The molecule has 2 aliphatic heterocycles. The van der Waals surface area contributed by atoms with E-state index in [1.807, 2.05) is 26.8 Å². The van der Waals surface area contributed by atoms with Crippen LogP contribution >= 0.6 is 0 Å². The van der Waals surface area contributed by atoms with Crippen LogP contribution in [0.15, 0.2) is 11.6 Å². The average Bonchev–Trinajstić information content (AvgIpc) is 2.81. The zero-order chi connectivity index (χ0) is 15.7. The van der Waals surface area contributed by atoms with Crippen molar-refractivity contribution in [2.75, 3.05) is 26.8 Å². The Labute approximate surface area is 125 Å². The molecule has 1 saturated heterocycles. The van der Waals surface area contributed by atoms with Gasteiger partial charge < -0.3 is 19.1 Å². The van der Waals surface area contributed by atoms with Crippen molar-refractivity contribution in [3.63, 3.8) is 0 Å². The van der Waals surface area contributed by atoms with Gasteiger partial charge in [-0.05, 0) is 39.7 Å². The quantitative estimate of drug-likeness (QED) is 0.691. The van der Waals surface area contributed by atoms with Crippen molar-refractivity contribution in [3.8, 4) is 0 Å². The minimum Gasteiger partial charge on any atom is -0.466 e. The third-order valence-electron chi connectivity index (χ3n) is 3.66. The van der Waals surface area contributed by atoms with Crippen LogP contribution in [0.1, 0.15) is 33.6 Å². The number of likely N-dealkylation sites (tertiary alicyclic amines) is 1. The second-order valence-electron chi connectivity index (χ2n) is 6.48. The molecule has 21 heavy (non-hydrogen) atoms. The second kappa shape index (κ2) is 5.67. The van der Waals surface area contributed by atoms with E-state index in [4.69, 9.17) is 14.2 Å². The molecule has 118 valence electrons. The first kappa shape index (κ1) is 15.8. The van der Waals surface area contributed by atoms with Crippen LogP contribution in [0.2, 0.25) is 0 Å². The molecule has 2 heterocycles. The first-order chi connectivity index (χ1) is 9.75. The largest absolute Gasteiger partial charge is 0.466 e. The third kappa shape index (κ3) is 3.75. The molecular weight excluding hydrogens is 274 g/mol.